The van der Waals surface area contributed by atoms with Crippen LogP contribution in [0.4, 0.5) is 0 Å². The van der Waals surface area contributed by atoms with Crippen molar-refractivity contribution in [2.75, 3.05) is 25.6 Å². The first-order valence-corrected chi connectivity index (χ1v) is 7.73. The molecule has 0 N–H and O–H groups in total. The van der Waals surface area contributed by atoms with Crippen molar-refractivity contribution in [2.24, 2.45) is 0 Å². The molecule has 0 aliphatic heterocycles. The van der Waals surface area contributed by atoms with Gasteiger partial charge in [-0.3, -0.25) is 4.79 Å². The molecule has 100 valence electrons. The number of rotatable bonds is 7. The van der Waals surface area contributed by atoms with Gasteiger partial charge in [0.05, 0.1) is 0 Å². The third-order valence-electron chi connectivity index (χ3n) is 3.30. The number of benzene rings is 1. The van der Waals surface area contributed by atoms with Gasteiger partial charge in [-0.1, -0.05) is 24.3 Å². The second kappa shape index (κ2) is 7.59. The lowest BCUT2D eigenvalue weighted by molar-refractivity contribution is 0.0964. The highest BCUT2D eigenvalue weighted by Crippen LogP contribution is 2.11. The Bertz CT molecular complexity index is 392. The molecule has 0 fully saturated rings. The van der Waals surface area contributed by atoms with Crippen molar-refractivity contribution < 1.29 is 4.79 Å². The maximum Gasteiger partial charge on any atom is 0.164 e. The van der Waals surface area contributed by atoms with Crippen LogP contribution >= 0.6 is 11.8 Å². The predicted molar refractivity (Wildman–Crippen MR) is 80.6 cm³/mol. The number of aryl methyl sites for hydroxylation is 1. The number of hydrogen-bond acceptors (Lipinski definition) is 3. The molecule has 0 saturated heterocycles. The minimum absolute atomic E-state index is 0.247. The average molecular weight is 265 g/mol. The van der Waals surface area contributed by atoms with Crippen LogP contribution in [0.3, 0.4) is 0 Å². The Hall–Kier alpha value is -0.800. The van der Waals surface area contributed by atoms with E-state index >= 15 is 0 Å². The van der Waals surface area contributed by atoms with E-state index in [-0.39, 0.29) is 5.78 Å². The largest absolute Gasteiger partial charge is 0.302 e. The fraction of sp³-hybridized carbons (Fsp3) is 0.533. The standard InChI is InChI=1S/C15H23NOS/c1-12-7-5-6-8-14(12)15(17)9-10-16(3)13(2)11-18-4/h5-8,13H,9-11H2,1-4H3. The molecule has 18 heavy (non-hydrogen) atoms. The van der Waals surface area contributed by atoms with Gasteiger partial charge in [-0.25, -0.2) is 0 Å². The van der Waals surface area contributed by atoms with Crippen molar-refractivity contribution in [3.63, 3.8) is 0 Å². The van der Waals surface area contributed by atoms with Crippen LogP contribution in [0.25, 0.3) is 0 Å². The van der Waals surface area contributed by atoms with Crippen LogP contribution in [0.15, 0.2) is 24.3 Å². The Balaban J connectivity index is 2.49. The number of Topliss-reactive ketones (excluding diaryl/α,β-unsaturated/α-hetero) is 1. The minimum Gasteiger partial charge on any atom is -0.302 e. The highest BCUT2D eigenvalue weighted by Gasteiger charge is 2.12. The molecular weight excluding hydrogens is 242 g/mol. The molecule has 1 unspecified atom stereocenters. The molecule has 0 aliphatic carbocycles. The monoisotopic (exact) mass is 265 g/mol. The number of nitrogens with zero attached hydrogens (tertiary/aromatic N) is 1. The molecule has 1 aromatic carbocycles. The van der Waals surface area contributed by atoms with Crippen molar-refractivity contribution in [1.82, 2.24) is 4.90 Å². The van der Waals surface area contributed by atoms with Gasteiger partial charge in [0.15, 0.2) is 5.78 Å². The fourth-order valence-electron chi connectivity index (χ4n) is 1.89. The number of carbonyl (C=O) groups excluding carboxylic acids is 1. The van der Waals surface area contributed by atoms with Gasteiger partial charge in [0.1, 0.15) is 0 Å². The van der Waals surface area contributed by atoms with Crippen molar-refractivity contribution in [2.45, 2.75) is 26.3 Å². The summed E-state index contributed by atoms with van der Waals surface area (Å²) in [6.45, 7) is 5.02. The van der Waals surface area contributed by atoms with Gasteiger partial charge in [-0.05, 0) is 32.7 Å². The van der Waals surface area contributed by atoms with Crippen LogP contribution in [-0.2, 0) is 0 Å². The van der Waals surface area contributed by atoms with E-state index in [4.69, 9.17) is 0 Å². The van der Waals surface area contributed by atoms with E-state index in [0.717, 1.165) is 23.4 Å². The maximum absolute atomic E-state index is 12.1. The molecule has 0 amide bonds. The van der Waals surface area contributed by atoms with Gasteiger partial charge in [0, 0.05) is 30.3 Å². The van der Waals surface area contributed by atoms with Crippen molar-refractivity contribution in [3.8, 4) is 0 Å². The Morgan fingerprint density at radius 1 is 1.39 bits per heavy atom. The summed E-state index contributed by atoms with van der Waals surface area (Å²) in [7, 11) is 2.09. The molecule has 0 spiro atoms. The zero-order valence-corrected chi connectivity index (χ0v) is 12.6. The lowest BCUT2D eigenvalue weighted by Crippen LogP contribution is -2.32. The summed E-state index contributed by atoms with van der Waals surface area (Å²) < 4.78 is 0. The summed E-state index contributed by atoms with van der Waals surface area (Å²) in [6, 6.07) is 8.33. The van der Waals surface area contributed by atoms with E-state index in [9.17, 15) is 4.79 Å². The van der Waals surface area contributed by atoms with E-state index in [1.165, 1.54) is 0 Å². The van der Waals surface area contributed by atoms with Gasteiger partial charge in [-0.2, -0.15) is 11.8 Å². The highest BCUT2D eigenvalue weighted by molar-refractivity contribution is 7.98. The third kappa shape index (κ3) is 4.46. The number of thioether (sulfide) groups is 1. The Kier molecular flexibility index (Phi) is 6.44. The van der Waals surface area contributed by atoms with Gasteiger partial charge >= 0.3 is 0 Å². The van der Waals surface area contributed by atoms with E-state index in [2.05, 4.69) is 25.1 Å². The molecule has 0 saturated carbocycles. The van der Waals surface area contributed by atoms with E-state index < -0.39 is 0 Å². The molecule has 0 bridgehead atoms. The Morgan fingerprint density at radius 3 is 2.67 bits per heavy atom. The summed E-state index contributed by atoms with van der Waals surface area (Å²) in [5.74, 6) is 1.35. The lowest BCUT2D eigenvalue weighted by Gasteiger charge is -2.23. The first-order chi connectivity index (χ1) is 8.56. The van der Waals surface area contributed by atoms with Crippen molar-refractivity contribution >= 4 is 17.5 Å². The maximum atomic E-state index is 12.1. The summed E-state index contributed by atoms with van der Waals surface area (Å²) in [5.41, 5.74) is 1.94. The summed E-state index contributed by atoms with van der Waals surface area (Å²) >= 11 is 1.84. The van der Waals surface area contributed by atoms with Crippen LogP contribution < -0.4 is 0 Å². The minimum atomic E-state index is 0.247. The SMILES string of the molecule is CSCC(C)N(C)CCC(=O)c1ccccc1C. The van der Waals surface area contributed by atoms with Gasteiger partial charge in [-0.15, -0.1) is 0 Å². The fourth-order valence-corrected chi connectivity index (χ4v) is 2.62. The third-order valence-corrected chi connectivity index (χ3v) is 4.11. The van der Waals surface area contributed by atoms with Gasteiger partial charge in [0.2, 0.25) is 0 Å². The van der Waals surface area contributed by atoms with E-state index in [0.29, 0.717) is 12.5 Å². The molecular formula is C15H23NOS. The van der Waals surface area contributed by atoms with Crippen molar-refractivity contribution in [3.05, 3.63) is 35.4 Å². The molecule has 3 heteroatoms. The number of ketones is 1. The van der Waals surface area contributed by atoms with E-state index in [1.54, 1.807) is 0 Å². The van der Waals surface area contributed by atoms with E-state index in [1.807, 2.05) is 43.0 Å². The topological polar surface area (TPSA) is 20.3 Å². The predicted octanol–water partition coefficient (Wildman–Crippen LogP) is 3.25. The second-order valence-corrected chi connectivity index (χ2v) is 5.68. The van der Waals surface area contributed by atoms with Crippen LogP contribution in [-0.4, -0.2) is 42.3 Å². The molecule has 1 atom stereocenters. The highest BCUT2D eigenvalue weighted by atomic mass is 32.2. The van der Waals surface area contributed by atoms with Gasteiger partial charge in [0.25, 0.3) is 0 Å². The van der Waals surface area contributed by atoms with Crippen LogP contribution in [0.1, 0.15) is 29.3 Å². The average Bonchev–Trinajstić information content (AvgIpc) is 2.36. The second-order valence-electron chi connectivity index (χ2n) is 4.77. The molecule has 0 radical (unpaired) electrons. The summed E-state index contributed by atoms with van der Waals surface area (Å²) in [4.78, 5) is 14.4. The Labute approximate surface area is 115 Å². The first-order valence-electron chi connectivity index (χ1n) is 6.34. The molecule has 0 heterocycles. The van der Waals surface area contributed by atoms with Crippen LogP contribution in [0.2, 0.25) is 0 Å². The number of carbonyl (C=O) groups is 1. The van der Waals surface area contributed by atoms with Gasteiger partial charge < -0.3 is 4.90 Å². The molecule has 1 rings (SSSR count). The lowest BCUT2D eigenvalue weighted by atomic mass is 10.0. The molecule has 0 aromatic heterocycles. The summed E-state index contributed by atoms with van der Waals surface area (Å²) in [5, 5.41) is 0. The zero-order valence-electron chi connectivity index (χ0n) is 11.8. The summed E-state index contributed by atoms with van der Waals surface area (Å²) in [6.07, 6.45) is 2.71. The van der Waals surface area contributed by atoms with Crippen LogP contribution in [0, 0.1) is 6.92 Å². The quantitative estimate of drug-likeness (QED) is 0.706. The molecule has 2 nitrogen and oxygen atoms in total. The van der Waals surface area contributed by atoms with Crippen LogP contribution in [0.5, 0.6) is 0 Å². The smallest absolute Gasteiger partial charge is 0.164 e. The molecule has 0 aliphatic rings. The van der Waals surface area contributed by atoms with Crippen molar-refractivity contribution in [1.29, 1.82) is 0 Å². The molecule has 1 aromatic rings. The Morgan fingerprint density at radius 2 is 2.06 bits per heavy atom. The first kappa shape index (κ1) is 15.3. The normalized spacial score (nSPS) is 12.7. The zero-order chi connectivity index (χ0) is 13.5. The number of hydrogen-bond donors (Lipinski definition) is 0.